The first-order chi connectivity index (χ1) is 7.33. The zero-order valence-corrected chi connectivity index (χ0v) is 7.93. The lowest BCUT2D eigenvalue weighted by Gasteiger charge is -2.18. The van der Waals surface area contributed by atoms with Gasteiger partial charge in [-0.25, -0.2) is 0 Å². The second kappa shape index (κ2) is 3.02. The second-order valence-electron chi connectivity index (χ2n) is 3.38. The lowest BCUT2D eigenvalue weighted by Crippen LogP contribution is -2.15. The van der Waals surface area contributed by atoms with Crippen LogP contribution < -0.4 is 9.47 Å². The van der Waals surface area contributed by atoms with Crippen LogP contribution in [0.2, 0.25) is 0 Å². The number of hydrogen-bond acceptors (Lipinski definition) is 4. The van der Waals surface area contributed by atoms with Crippen molar-refractivity contribution < 1.29 is 14.6 Å². The fraction of sp³-hybridized carbons (Fsp3) is 0.182. The molecule has 1 aromatic heterocycles. The maximum Gasteiger partial charge on any atom is 0.163 e. The Labute approximate surface area is 86.1 Å². The maximum absolute atomic E-state index is 9.30. The lowest BCUT2D eigenvalue weighted by atomic mass is 10.2. The summed E-state index contributed by atoms with van der Waals surface area (Å²) in [5.41, 5.74) is 0.789. The van der Waals surface area contributed by atoms with Gasteiger partial charge in [-0.1, -0.05) is 0 Å². The van der Waals surface area contributed by atoms with E-state index in [1.54, 1.807) is 6.07 Å². The molecule has 0 aliphatic carbocycles. The summed E-state index contributed by atoms with van der Waals surface area (Å²) in [7, 11) is 0. The fourth-order valence-electron chi connectivity index (χ4n) is 1.65. The molecule has 0 saturated heterocycles. The SMILES string of the molecule is Oc1cnc2cc3c(cc2c1)OCCO3. The summed E-state index contributed by atoms with van der Waals surface area (Å²) in [6.45, 7) is 1.13. The molecule has 0 fully saturated rings. The van der Waals surface area contributed by atoms with E-state index in [0.29, 0.717) is 24.7 Å². The third kappa shape index (κ3) is 1.34. The Morgan fingerprint density at radius 1 is 1.07 bits per heavy atom. The van der Waals surface area contributed by atoms with Crippen molar-refractivity contribution in [1.82, 2.24) is 4.98 Å². The highest BCUT2D eigenvalue weighted by molar-refractivity contribution is 5.83. The Morgan fingerprint density at radius 3 is 2.60 bits per heavy atom. The molecule has 4 heteroatoms. The van der Waals surface area contributed by atoms with Gasteiger partial charge in [-0.3, -0.25) is 4.98 Å². The number of rotatable bonds is 0. The lowest BCUT2D eigenvalue weighted by molar-refractivity contribution is 0.172. The van der Waals surface area contributed by atoms with Crippen LogP contribution in [0.1, 0.15) is 0 Å². The molecule has 2 heterocycles. The highest BCUT2D eigenvalue weighted by atomic mass is 16.6. The summed E-state index contributed by atoms with van der Waals surface area (Å²) in [5.74, 6) is 1.58. The topological polar surface area (TPSA) is 51.6 Å². The summed E-state index contributed by atoms with van der Waals surface area (Å²) in [4.78, 5) is 4.10. The van der Waals surface area contributed by atoms with Crippen LogP contribution in [0.25, 0.3) is 10.9 Å². The Kier molecular flexibility index (Phi) is 1.68. The normalized spacial score (nSPS) is 14.1. The third-order valence-electron chi connectivity index (χ3n) is 2.33. The van der Waals surface area contributed by atoms with Crippen molar-refractivity contribution in [2.24, 2.45) is 0 Å². The smallest absolute Gasteiger partial charge is 0.163 e. The average Bonchev–Trinajstić information content (AvgIpc) is 2.26. The van der Waals surface area contributed by atoms with Gasteiger partial charge in [0.2, 0.25) is 0 Å². The molecule has 0 bridgehead atoms. The molecule has 0 unspecified atom stereocenters. The van der Waals surface area contributed by atoms with E-state index in [2.05, 4.69) is 4.98 Å². The van der Waals surface area contributed by atoms with Gasteiger partial charge in [-0.05, 0) is 12.1 Å². The summed E-state index contributed by atoms with van der Waals surface area (Å²) in [6, 6.07) is 5.31. The fourth-order valence-corrected chi connectivity index (χ4v) is 1.65. The Bertz CT molecular complexity index is 524. The molecule has 2 aromatic rings. The van der Waals surface area contributed by atoms with Crippen LogP contribution in [0.3, 0.4) is 0 Å². The largest absolute Gasteiger partial charge is 0.506 e. The van der Waals surface area contributed by atoms with Gasteiger partial charge in [0.05, 0.1) is 11.7 Å². The van der Waals surface area contributed by atoms with Crippen molar-refractivity contribution in [3.63, 3.8) is 0 Å². The van der Waals surface area contributed by atoms with Crippen LogP contribution in [0.15, 0.2) is 24.4 Å². The standard InChI is InChI=1S/C11H9NO3/c13-8-3-7-4-10-11(15-2-1-14-10)5-9(7)12-6-8/h3-6,13H,1-2H2. The molecule has 0 spiro atoms. The summed E-state index contributed by atoms with van der Waals surface area (Å²) in [6.07, 6.45) is 1.42. The Hall–Kier alpha value is -1.97. The molecule has 0 radical (unpaired) electrons. The van der Waals surface area contributed by atoms with Gasteiger partial charge in [0.25, 0.3) is 0 Å². The monoisotopic (exact) mass is 203 g/mol. The molecule has 1 aliphatic rings. The van der Waals surface area contributed by atoms with E-state index in [-0.39, 0.29) is 5.75 Å². The summed E-state index contributed by atoms with van der Waals surface area (Å²) < 4.78 is 10.9. The van der Waals surface area contributed by atoms with E-state index >= 15 is 0 Å². The highest BCUT2D eigenvalue weighted by Gasteiger charge is 2.12. The quantitative estimate of drug-likeness (QED) is 0.708. The van der Waals surface area contributed by atoms with Gasteiger partial charge < -0.3 is 14.6 Å². The van der Waals surface area contributed by atoms with E-state index < -0.39 is 0 Å². The van der Waals surface area contributed by atoms with Gasteiger partial charge in [0, 0.05) is 11.5 Å². The number of pyridine rings is 1. The first-order valence-electron chi connectivity index (χ1n) is 4.71. The molecule has 76 valence electrons. The first-order valence-corrected chi connectivity index (χ1v) is 4.71. The molecule has 3 rings (SSSR count). The van der Waals surface area contributed by atoms with E-state index in [1.165, 1.54) is 6.20 Å². The van der Waals surface area contributed by atoms with Crippen LogP contribution in [0, 0.1) is 0 Å². The first kappa shape index (κ1) is 8.35. The van der Waals surface area contributed by atoms with E-state index in [0.717, 1.165) is 10.9 Å². The number of nitrogens with zero attached hydrogens (tertiary/aromatic N) is 1. The van der Waals surface area contributed by atoms with Crippen LogP contribution in [0.4, 0.5) is 0 Å². The van der Waals surface area contributed by atoms with Crippen molar-refractivity contribution in [3.8, 4) is 17.2 Å². The number of benzene rings is 1. The minimum Gasteiger partial charge on any atom is -0.506 e. The van der Waals surface area contributed by atoms with Crippen molar-refractivity contribution >= 4 is 10.9 Å². The molecule has 0 saturated carbocycles. The summed E-state index contributed by atoms with van der Waals surface area (Å²) >= 11 is 0. The van der Waals surface area contributed by atoms with Crippen LogP contribution in [-0.4, -0.2) is 23.3 Å². The zero-order chi connectivity index (χ0) is 10.3. The molecule has 1 aromatic carbocycles. The molecule has 4 nitrogen and oxygen atoms in total. The Balaban J connectivity index is 2.26. The number of aromatic nitrogens is 1. The molecule has 0 atom stereocenters. The van der Waals surface area contributed by atoms with Crippen molar-refractivity contribution in [3.05, 3.63) is 24.4 Å². The van der Waals surface area contributed by atoms with Gasteiger partial charge in [0.15, 0.2) is 11.5 Å². The van der Waals surface area contributed by atoms with Crippen molar-refractivity contribution in [2.45, 2.75) is 0 Å². The van der Waals surface area contributed by atoms with Crippen molar-refractivity contribution in [1.29, 1.82) is 0 Å². The molecular weight excluding hydrogens is 194 g/mol. The van der Waals surface area contributed by atoms with Gasteiger partial charge in [0.1, 0.15) is 19.0 Å². The molecule has 0 amide bonds. The third-order valence-corrected chi connectivity index (χ3v) is 2.33. The Morgan fingerprint density at radius 2 is 1.80 bits per heavy atom. The number of ether oxygens (including phenoxy) is 2. The van der Waals surface area contributed by atoms with Crippen molar-refractivity contribution in [2.75, 3.05) is 13.2 Å². The van der Waals surface area contributed by atoms with Gasteiger partial charge in [-0.2, -0.15) is 0 Å². The number of hydrogen-bond donors (Lipinski definition) is 1. The van der Waals surface area contributed by atoms with Gasteiger partial charge in [-0.15, -0.1) is 0 Å². The van der Waals surface area contributed by atoms with Crippen LogP contribution >= 0.6 is 0 Å². The minimum absolute atomic E-state index is 0.152. The van der Waals surface area contributed by atoms with Crippen LogP contribution in [0.5, 0.6) is 17.2 Å². The molecule has 1 aliphatic heterocycles. The van der Waals surface area contributed by atoms with E-state index in [1.807, 2.05) is 12.1 Å². The second-order valence-corrected chi connectivity index (χ2v) is 3.38. The average molecular weight is 203 g/mol. The van der Waals surface area contributed by atoms with E-state index in [4.69, 9.17) is 9.47 Å². The predicted molar refractivity (Wildman–Crippen MR) is 54.4 cm³/mol. The minimum atomic E-state index is 0.152. The number of fused-ring (bicyclic) bond motifs is 2. The number of aromatic hydroxyl groups is 1. The van der Waals surface area contributed by atoms with Crippen LogP contribution in [-0.2, 0) is 0 Å². The zero-order valence-electron chi connectivity index (χ0n) is 7.93. The molecule has 15 heavy (non-hydrogen) atoms. The highest BCUT2D eigenvalue weighted by Crippen LogP contribution is 2.34. The molecule has 1 N–H and O–H groups in total. The summed E-state index contributed by atoms with van der Waals surface area (Å²) in [5, 5.41) is 10.1. The van der Waals surface area contributed by atoms with Gasteiger partial charge >= 0.3 is 0 Å². The predicted octanol–water partition coefficient (Wildman–Crippen LogP) is 1.71. The molecular formula is C11H9NO3. The van der Waals surface area contributed by atoms with E-state index in [9.17, 15) is 5.11 Å². The maximum atomic E-state index is 9.30.